The van der Waals surface area contributed by atoms with Gasteiger partial charge in [0.1, 0.15) is 5.75 Å². The third kappa shape index (κ3) is 2.28. The molecule has 0 saturated heterocycles. The van der Waals surface area contributed by atoms with Crippen molar-refractivity contribution in [2.75, 3.05) is 0 Å². The Labute approximate surface area is 84.6 Å². The second kappa shape index (κ2) is 4.17. The smallest absolute Gasteiger partial charge is 0.872 e. The predicted octanol–water partition coefficient (Wildman–Crippen LogP) is -0.217. The van der Waals surface area contributed by atoms with Crippen molar-refractivity contribution in [2.45, 2.75) is 0 Å². The second-order valence-electron chi connectivity index (χ2n) is 1.99. The van der Waals surface area contributed by atoms with E-state index >= 15 is 0 Å². The van der Waals surface area contributed by atoms with Crippen molar-refractivity contribution < 1.29 is 20.1 Å². The summed E-state index contributed by atoms with van der Waals surface area (Å²) in [6.45, 7) is 0. The first-order chi connectivity index (χ1) is 5.11. The van der Waals surface area contributed by atoms with Crippen LogP contribution in [0.25, 0.3) is 0 Å². The molecule has 0 aliphatic heterocycles. The number of hydrogen-bond donors (Lipinski definition) is 2. The van der Waals surface area contributed by atoms with Gasteiger partial charge in [0, 0.05) is 0 Å². The number of phenolic OH excluding ortho intramolecular Hbond substituents is 1. The summed E-state index contributed by atoms with van der Waals surface area (Å²) in [6.07, 6.45) is 0. The van der Waals surface area contributed by atoms with E-state index in [4.69, 9.17) is 10.2 Å². The minimum absolute atomic E-state index is 0. The number of carboxylic acid groups (broad SMARTS) is 1. The van der Waals surface area contributed by atoms with Crippen LogP contribution in [-0.2, 0) is 0 Å². The Morgan fingerprint density at radius 1 is 1.42 bits per heavy atom. The fraction of sp³-hybridized carbons (Fsp3) is 0. The molecule has 58 valence electrons. The zero-order valence-electron chi connectivity index (χ0n) is 6.15. The molecular formula is C7H5MgO4+. The molecule has 0 saturated carbocycles. The van der Waals surface area contributed by atoms with Gasteiger partial charge in [-0.1, -0.05) is 11.8 Å². The summed E-state index contributed by atoms with van der Waals surface area (Å²) in [4.78, 5) is 10.3. The summed E-state index contributed by atoms with van der Waals surface area (Å²) < 4.78 is 0. The summed E-state index contributed by atoms with van der Waals surface area (Å²) >= 11 is 0. The fourth-order valence-electron chi connectivity index (χ4n) is 0.685. The quantitative estimate of drug-likeness (QED) is 0.581. The summed E-state index contributed by atoms with van der Waals surface area (Å²) in [5.74, 6) is -2.15. The molecule has 0 amide bonds. The van der Waals surface area contributed by atoms with E-state index in [0.29, 0.717) is 0 Å². The van der Waals surface area contributed by atoms with E-state index < -0.39 is 17.3 Å². The molecule has 0 spiro atoms. The van der Waals surface area contributed by atoms with E-state index in [1.165, 1.54) is 0 Å². The van der Waals surface area contributed by atoms with Crippen molar-refractivity contribution in [2.24, 2.45) is 0 Å². The number of benzene rings is 1. The van der Waals surface area contributed by atoms with Gasteiger partial charge >= 0.3 is 29.0 Å². The van der Waals surface area contributed by atoms with Crippen LogP contribution in [0.15, 0.2) is 18.2 Å². The third-order valence-corrected chi connectivity index (χ3v) is 1.19. The summed E-state index contributed by atoms with van der Waals surface area (Å²) in [5, 5.41) is 27.9. The minimum atomic E-state index is -1.33. The molecular weight excluding hydrogens is 172 g/mol. The van der Waals surface area contributed by atoms with Crippen LogP contribution in [0.1, 0.15) is 10.4 Å². The van der Waals surface area contributed by atoms with Crippen molar-refractivity contribution in [1.29, 1.82) is 0 Å². The van der Waals surface area contributed by atoms with Gasteiger partial charge < -0.3 is 15.3 Å². The topological polar surface area (TPSA) is 80.6 Å². The van der Waals surface area contributed by atoms with Gasteiger partial charge in [-0.15, -0.1) is 0 Å². The van der Waals surface area contributed by atoms with Crippen molar-refractivity contribution in [3.63, 3.8) is 0 Å². The van der Waals surface area contributed by atoms with Gasteiger partial charge in [-0.05, 0) is 12.1 Å². The van der Waals surface area contributed by atoms with Gasteiger partial charge in [0.2, 0.25) is 0 Å². The Balaban J connectivity index is 0.00000121. The van der Waals surface area contributed by atoms with E-state index in [1.54, 1.807) is 0 Å². The van der Waals surface area contributed by atoms with Crippen molar-refractivity contribution in [3.8, 4) is 11.5 Å². The Bertz CT molecular complexity index is 297. The van der Waals surface area contributed by atoms with E-state index in [0.717, 1.165) is 18.2 Å². The largest absolute Gasteiger partial charge is 2.00 e. The zero-order valence-corrected chi connectivity index (χ0v) is 7.56. The molecule has 0 fully saturated rings. The molecule has 0 aliphatic rings. The van der Waals surface area contributed by atoms with Gasteiger partial charge in [-0.25, -0.2) is 4.79 Å². The van der Waals surface area contributed by atoms with Crippen LogP contribution < -0.4 is 5.11 Å². The molecule has 4 nitrogen and oxygen atoms in total. The van der Waals surface area contributed by atoms with Crippen LogP contribution >= 0.6 is 0 Å². The second-order valence-corrected chi connectivity index (χ2v) is 1.99. The number of carboxylic acids is 1. The molecule has 1 aromatic carbocycles. The average Bonchev–Trinajstić information content (AvgIpc) is 1.94. The van der Waals surface area contributed by atoms with E-state index in [1.807, 2.05) is 0 Å². The first kappa shape index (κ1) is 11.1. The first-order valence-electron chi connectivity index (χ1n) is 2.84. The molecule has 0 bridgehead atoms. The molecule has 0 unspecified atom stereocenters. The molecule has 0 aromatic heterocycles. The molecule has 1 rings (SSSR count). The predicted molar refractivity (Wildman–Crippen MR) is 40.3 cm³/mol. The van der Waals surface area contributed by atoms with E-state index in [9.17, 15) is 9.90 Å². The number of rotatable bonds is 1. The zero-order chi connectivity index (χ0) is 8.43. The maximum absolute atomic E-state index is 10.7. The SMILES string of the molecule is O=C(O)c1cc(O)ccc1[O-].[Mg+2]. The molecule has 5 heteroatoms. The third-order valence-electron chi connectivity index (χ3n) is 1.19. The summed E-state index contributed by atoms with van der Waals surface area (Å²) in [7, 11) is 0. The standard InChI is InChI=1S/C7H6O4.Mg/c8-4-1-2-6(9)5(3-4)7(10)11;/h1-3,8-9H,(H,10,11);/q;+2/p-1. The fourth-order valence-corrected chi connectivity index (χ4v) is 0.685. The van der Waals surface area contributed by atoms with Crippen LogP contribution in [0.4, 0.5) is 0 Å². The maximum atomic E-state index is 10.7. The molecule has 0 radical (unpaired) electrons. The molecule has 12 heavy (non-hydrogen) atoms. The van der Waals surface area contributed by atoms with Crippen LogP contribution in [0.5, 0.6) is 11.5 Å². The molecule has 0 atom stereocenters. The van der Waals surface area contributed by atoms with Gasteiger partial charge in [0.15, 0.2) is 0 Å². The van der Waals surface area contributed by atoms with Crippen LogP contribution in [0.2, 0.25) is 0 Å². The summed E-state index contributed by atoms with van der Waals surface area (Å²) in [5.41, 5.74) is -0.412. The number of phenols is 1. The molecule has 0 aliphatic carbocycles. The average molecular weight is 177 g/mol. The molecule has 0 heterocycles. The van der Waals surface area contributed by atoms with Crippen LogP contribution in [0.3, 0.4) is 0 Å². The number of carbonyl (C=O) groups is 1. The number of aromatic hydroxyl groups is 1. The first-order valence-corrected chi connectivity index (χ1v) is 2.84. The van der Waals surface area contributed by atoms with Crippen molar-refractivity contribution in [1.82, 2.24) is 0 Å². The normalized spacial score (nSPS) is 8.67. The maximum Gasteiger partial charge on any atom is 2.00 e. The van der Waals surface area contributed by atoms with Crippen LogP contribution in [-0.4, -0.2) is 39.2 Å². The van der Waals surface area contributed by atoms with Crippen molar-refractivity contribution in [3.05, 3.63) is 23.8 Å². The number of hydrogen-bond acceptors (Lipinski definition) is 3. The van der Waals surface area contributed by atoms with E-state index in [-0.39, 0.29) is 28.8 Å². The number of aromatic carboxylic acids is 1. The van der Waals surface area contributed by atoms with Crippen LogP contribution in [0, 0.1) is 0 Å². The Kier molecular flexibility index (Phi) is 3.85. The van der Waals surface area contributed by atoms with Gasteiger partial charge in [0.25, 0.3) is 0 Å². The van der Waals surface area contributed by atoms with Gasteiger partial charge in [-0.2, -0.15) is 0 Å². The van der Waals surface area contributed by atoms with Gasteiger partial charge in [-0.3, -0.25) is 0 Å². The molecule has 2 N–H and O–H groups in total. The monoisotopic (exact) mass is 177 g/mol. The summed E-state index contributed by atoms with van der Waals surface area (Å²) in [6, 6.07) is 3.08. The minimum Gasteiger partial charge on any atom is -0.872 e. The Morgan fingerprint density at radius 2 is 2.00 bits per heavy atom. The van der Waals surface area contributed by atoms with Crippen molar-refractivity contribution >= 4 is 29.0 Å². The van der Waals surface area contributed by atoms with Gasteiger partial charge in [0.05, 0.1) is 5.56 Å². The molecule has 1 aromatic rings. The Morgan fingerprint density at radius 3 is 2.42 bits per heavy atom. The van der Waals surface area contributed by atoms with E-state index in [2.05, 4.69) is 0 Å². The Hall–Kier alpha value is -0.944.